The Hall–Kier alpha value is -7.39. The lowest BCUT2D eigenvalue weighted by atomic mass is 9.92. The molecule has 0 unspecified atom stereocenters. The molecule has 7 aromatic carbocycles. The second kappa shape index (κ2) is 11.4. The van der Waals surface area contributed by atoms with Crippen LogP contribution in [0.3, 0.4) is 0 Å². The summed E-state index contributed by atoms with van der Waals surface area (Å²) < 4.78 is 4.39. The van der Waals surface area contributed by atoms with Gasteiger partial charge in [-0.3, -0.25) is 0 Å². The molecule has 2 aromatic heterocycles. The third-order valence-electron chi connectivity index (χ3n) is 9.61. The Balaban J connectivity index is 1.27. The molecule has 0 aliphatic carbocycles. The van der Waals surface area contributed by atoms with Gasteiger partial charge in [0.2, 0.25) is 0 Å². The summed E-state index contributed by atoms with van der Waals surface area (Å²) in [4.78, 5) is 0. The van der Waals surface area contributed by atoms with E-state index in [0.29, 0.717) is 16.7 Å². The molecule has 0 aliphatic heterocycles. The van der Waals surface area contributed by atoms with Crippen LogP contribution in [0.5, 0.6) is 0 Å². The third kappa shape index (κ3) is 4.31. The number of aromatic nitrogens is 2. The largest absolute Gasteiger partial charge is 0.309 e. The Kier molecular flexibility index (Phi) is 6.56. The Morgan fingerprint density at radius 1 is 0.360 bits per heavy atom. The van der Waals surface area contributed by atoms with Gasteiger partial charge in [-0.05, 0) is 77.9 Å². The molecule has 0 amide bonds. The van der Waals surface area contributed by atoms with Crippen LogP contribution in [-0.2, 0) is 0 Å². The lowest BCUT2D eigenvalue weighted by Crippen LogP contribution is -2.00. The number of para-hydroxylation sites is 4. The average Bonchev–Trinajstić information content (AvgIpc) is 3.69. The van der Waals surface area contributed by atoms with E-state index in [1.165, 1.54) is 10.8 Å². The van der Waals surface area contributed by atoms with E-state index >= 15 is 0 Å². The summed E-state index contributed by atoms with van der Waals surface area (Å²) in [6.07, 6.45) is 0. The monoisotopic (exact) mass is 635 g/mol. The maximum Gasteiger partial charge on any atom is 0.102 e. The van der Waals surface area contributed by atoms with Crippen molar-refractivity contribution in [3.05, 3.63) is 168 Å². The van der Waals surface area contributed by atoms with E-state index in [-0.39, 0.29) is 0 Å². The first-order valence-corrected chi connectivity index (χ1v) is 16.3. The zero-order valence-electron chi connectivity index (χ0n) is 26.7. The van der Waals surface area contributed by atoms with Gasteiger partial charge in [0, 0.05) is 32.7 Å². The molecule has 0 radical (unpaired) electrons. The van der Waals surface area contributed by atoms with Crippen molar-refractivity contribution >= 4 is 43.6 Å². The van der Waals surface area contributed by atoms with Gasteiger partial charge in [-0.1, -0.05) is 84.9 Å². The molecule has 9 aromatic rings. The highest BCUT2D eigenvalue weighted by molar-refractivity contribution is 6.11. The number of rotatable bonds is 4. The van der Waals surface area contributed by atoms with Gasteiger partial charge in [-0.25, -0.2) is 0 Å². The minimum absolute atomic E-state index is 0.497. The molecule has 230 valence electrons. The van der Waals surface area contributed by atoms with Crippen LogP contribution < -0.4 is 0 Å². The molecule has 0 spiro atoms. The molecule has 0 aliphatic rings. The molecule has 0 N–H and O–H groups in total. The maximum absolute atomic E-state index is 10.8. The van der Waals surface area contributed by atoms with Crippen molar-refractivity contribution in [2.75, 3.05) is 0 Å². The highest BCUT2D eigenvalue weighted by Crippen LogP contribution is 2.40. The molecule has 50 heavy (non-hydrogen) atoms. The maximum atomic E-state index is 10.8. The second-order valence-electron chi connectivity index (χ2n) is 12.3. The Morgan fingerprint density at radius 3 is 1.50 bits per heavy atom. The molecule has 0 bridgehead atoms. The van der Waals surface area contributed by atoms with Crippen LogP contribution in [0.15, 0.2) is 152 Å². The summed E-state index contributed by atoms with van der Waals surface area (Å²) in [7, 11) is 0. The zero-order valence-corrected chi connectivity index (χ0v) is 26.7. The summed E-state index contributed by atoms with van der Waals surface area (Å²) in [6.45, 7) is 0. The van der Waals surface area contributed by atoms with Gasteiger partial charge >= 0.3 is 0 Å². The minimum atomic E-state index is 0.497. The van der Waals surface area contributed by atoms with E-state index < -0.39 is 0 Å². The number of hydrogen-bond acceptors (Lipinski definition) is 3. The summed E-state index contributed by atoms with van der Waals surface area (Å²) in [5.74, 6) is 0. The van der Waals surface area contributed by atoms with Crippen LogP contribution in [0, 0.1) is 34.0 Å². The number of fused-ring (bicyclic) bond motifs is 6. The van der Waals surface area contributed by atoms with Gasteiger partial charge in [0.05, 0.1) is 62.3 Å². The number of benzene rings is 7. The molecule has 5 heteroatoms. The van der Waals surface area contributed by atoms with Gasteiger partial charge in [0.15, 0.2) is 0 Å². The normalized spacial score (nSPS) is 11.1. The van der Waals surface area contributed by atoms with E-state index in [9.17, 15) is 15.8 Å². The number of nitriles is 3. The van der Waals surface area contributed by atoms with Gasteiger partial charge < -0.3 is 9.13 Å². The first-order chi connectivity index (χ1) is 24.7. The van der Waals surface area contributed by atoms with Crippen molar-refractivity contribution in [1.82, 2.24) is 9.13 Å². The molecule has 0 atom stereocenters. The Labute approximate surface area is 287 Å². The molecule has 0 saturated heterocycles. The van der Waals surface area contributed by atoms with Crippen molar-refractivity contribution < 1.29 is 0 Å². The first kappa shape index (κ1) is 28.8. The van der Waals surface area contributed by atoms with Crippen LogP contribution in [-0.4, -0.2) is 9.13 Å². The van der Waals surface area contributed by atoms with Crippen molar-refractivity contribution in [2.24, 2.45) is 0 Å². The SMILES string of the molecule is N#Cc1cc(-c2ccccc2-n2c3ccccc3c3ccccc32)cc(-c2cccc(-n3c4ccccc4c4cc(C#N)ccc43)c2C#N)c1. The Morgan fingerprint density at radius 2 is 0.860 bits per heavy atom. The topological polar surface area (TPSA) is 81.2 Å². The quantitative estimate of drug-likeness (QED) is 0.193. The smallest absolute Gasteiger partial charge is 0.102 e. The van der Waals surface area contributed by atoms with Crippen LogP contribution >= 0.6 is 0 Å². The first-order valence-electron chi connectivity index (χ1n) is 16.3. The van der Waals surface area contributed by atoms with Gasteiger partial charge in [0.1, 0.15) is 6.07 Å². The Bertz CT molecular complexity index is 2920. The van der Waals surface area contributed by atoms with Crippen LogP contribution in [0.25, 0.3) is 77.2 Å². The van der Waals surface area contributed by atoms with Crippen molar-refractivity contribution in [3.8, 4) is 51.8 Å². The van der Waals surface area contributed by atoms with Gasteiger partial charge in [-0.2, -0.15) is 15.8 Å². The molecule has 2 heterocycles. The third-order valence-corrected chi connectivity index (χ3v) is 9.61. The predicted molar refractivity (Wildman–Crippen MR) is 200 cm³/mol. The summed E-state index contributed by atoms with van der Waals surface area (Å²) in [5, 5.41) is 35.0. The molecule has 9 rings (SSSR count). The van der Waals surface area contributed by atoms with Crippen molar-refractivity contribution in [2.45, 2.75) is 0 Å². The van der Waals surface area contributed by atoms with E-state index in [4.69, 9.17) is 0 Å². The molecular formula is C45H25N5. The summed E-state index contributed by atoms with van der Waals surface area (Å²) in [5.41, 5.74) is 10.7. The van der Waals surface area contributed by atoms with E-state index in [0.717, 1.165) is 66.5 Å². The highest BCUT2D eigenvalue weighted by atomic mass is 15.0. The fourth-order valence-electron chi connectivity index (χ4n) is 7.48. The molecular weight excluding hydrogens is 611 g/mol. The highest BCUT2D eigenvalue weighted by Gasteiger charge is 2.20. The molecule has 5 nitrogen and oxygen atoms in total. The summed E-state index contributed by atoms with van der Waals surface area (Å²) >= 11 is 0. The van der Waals surface area contributed by atoms with Crippen LogP contribution in [0.1, 0.15) is 16.7 Å². The molecule has 0 saturated carbocycles. The standard InChI is InChI=1S/C45H25N5/c46-26-29-20-21-45-38(24-29)37-13-4-8-18-43(37)50(45)44-19-9-14-33(39(44)28-48)31-22-30(27-47)23-32(25-31)34-10-1-5-15-40(34)49-41-16-6-2-11-35(41)36-12-3-7-17-42(36)49/h1-25H. The zero-order chi connectivity index (χ0) is 33.8. The fraction of sp³-hybridized carbons (Fsp3) is 0. The van der Waals surface area contributed by atoms with E-state index in [1.54, 1.807) is 0 Å². The number of hydrogen-bond donors (Lipinski definition) is 0. The van der Waals surface area contributed by atoms with Crippen molar-refractivity contribution in [1.29, 1.82) is 15.8 Å². The van der Waals surface area contributed by atoms with Gasteiger partial charge in [-0.15, -0.1) is 0 Å². The van der Waals surface area contributed by atoms with Crippen LogP contribution in [0.4, 0.5) is 0 Å². The van der Waals surface area contributed by atoms with Crippen molar-refractivity contribution in [3.63, 3.8) is 0 Å². The lowest BCUT2D eigenvalue weighted by molar-refractivity contribution is 1.17. The molecule has 0 fully saturated rings. The fourth-order valence-corrected chi connectivity index (χ4v) is 7.48. The summed E-state index contributed by atoms with van der Waals surface area (Å²) in [6, 6.07) is 57.7. The van der Waals surface area contributed by atoms with E-state index in [2.05, 4.69) is 94.1 Å². The average molecular weight is 636 g/mol. The van der Waals surface area contributed by atoms with Gasteiger partial charge in [0.25, 0.3) is 0 Å². The second-order valence-corrected chi connectivity index (χ2v) is 12.3. The minimum Gasteiger partial charge on any atom is -0.309 e. The lowest BCUT2D eigenvalue weighted by Gasteiger charge is -2.17. The predicted octanol–water partition coefficient (Wildman–Crippen LogP) is 10.8. The van der Waals surface area contributed by atoms with Crippen LogP contribution in [0.2, 0.25) is 0 Å². The van der Waals surface area contributed by atoms with E-state index in [1.807, 2.05) is 84.9 Å². The number of nitrogens with zero attached hydrogens (tertiary/aromatic N) is 5.